The Morgan fingerprint density at radius 2 is 1.85 bits per heavy atom. The average molecular weight is 290 g/mol. The van der Waals surface area contributed by atoms with Gasteiger partial charge in [-0.25, -0.2) is 0 Å². The van der Waals surface area contributed by atoms with E-state index in [4.69, 9.17) is 0 Å². The number of nitro groups is 1. The van der Waals surface area contributed by atoms with Crippen LogP contribution in [0.1, 0.15) is 18.4 Å². The molecule has 2 aliphatic rings. The Hall–Kier alpha value is -1.89. The molecule has 0 aromatic heterocycles. The van der Waals surface area contributed by atoms with Gasteiger partial charge in [0.05, 0.1) is 10.6 Å². The van der Waals surface area contributed by atoms with Crippen LogP contribution in [0.2, 0.25) is 0 Å². The second-order valence-corrected chi connectivity index (χ2v) is 5.66. The van der Waals surface area contributed by atoms with Crippen LogP contribution in [0.25, 0.3) is 0 Å². The van der Waals surface area contributed by atoms with E-state index in [0.29, 0.717) is 0 Å². The van der Waals surface area contributed by atoms with Gasteiger partial charge in [-0.3, -0.25) is 10.1 Å². The molecule has 20 heavy (non-hydrogen) atoms. The van der Waals surface area contributed by atoms with Crippen LogP contribution in [0.5, 0.6) is 0 Å². The first kappa shape index (κ1) is 13.1. The van der Waals surface area contributed by atoms with Gasteiger partial charge in [0, 0.05) is 31.0 Å². The minimum Gasteiger partial charge on any atom is -0.350 e. The van der Waals surface area contributed by atoms with Crippen molar-refractivity contribution in [3.05, 3.63) is 39.9 Å². The van der Waals surface area contributed by atoms with Crippen molar-refractivity contribution in [2.24, 2.45) is 10.2 Å². The SMILES string of the molecule is O=[N+]([O-])c1ccc(C2=NN=C(N3CCCC3)SC2)cc1. The van der Waals surface area contributed by atoms with Gasteiger partial charge in [-0.1, -0.05) is 11.8 Å². The van der Waals surface area contributed by atoms with Gasteiger partial charge < -0.3 is 4.90 Å². The molecule has 0 N–H and O–H groups in total. The maximum atomic E-state index is 10.6. The van der Waals surface area contributed by atoms with E-state index < -0.39 is 4.92 Å². The lowest BCUT2D eigenvalue weighted by Crippen LogP contribution is -2.27. The second-order valence-electron chi connectivity index (χ2n) is 4.72. The summed E-state index contributed by atoms with van der Waals surface area (Å²) in [5, 5.41) is 20.2. The molecule has 2 aliphatic heterocycles. The minimum absolute atomic E-state index is 0.0964. The smallest absolute Gasteiger partial charge is 0.269 e. The molecule has 0 bridgehead atoms. The standard InChI is InChI=1S/C13H14N4O2S/c18-17(19)11-5-3-10(4-6-11)12-9-20-13(15-14-12)16-7-1-2-8-16/h3-6H,1-2,7-9H2. The van der Waals surface area contributed by atoms with Crippen molar-refractivity contribution in [1.29, 1.82) is 0 Å². The lowest BCUT2D eigenvalue weighted by molar-refractivity contribution is -0.384. The fourth-order valence-corrected chi connectivity index (χ4v) is 3.23. The fraction of sp³-hybridized carbons (Fsp3) is 0.385. The summed E-state index contributed by atoms with van der Waals surface area (Å²) in [6.07, 6.45) is 2.44. The van der Waals surface area contributed by atoms with E-state index in [-0.39, 0.29) is 5.69 Å². The van der Waals surface area contributed by atoms with Gasteiger partial charge in [0.15, 0.2) is 5.17 Å². The third-order valence-corrected chi connectivity index (χ3v) is 4.40. The molecule has 1 aromatic rings. The fourth-order valence-electron chi connectivity index (χ4n) is 2.27. The number of non-ortho nitro benzene ring substituents is 1. The van der Waals surface area contributed by atoms with Gasteiger partial charge in [-0.15, -0.1) is 5.10 Å². The quantitative estimate of drug-likeness (QED) is 0.619. The van der Waals surface area contributed by atoms with Gasteiger partial charge in [-0.2, -0.15) is 5.10 Å². The topological polar surface area (TPSA) is 71.1 Å². The van der Waals surface area contributed by atoms with Crippen LogP contribution in [-0.4, -0.2) is 39.5 Å². The highest BCUT2D eigenvalue weighted by atomic mass is 32.2. The normalized spacial score (nSPS) is 18.7. The van der Waals surface area contributed by atoms with E-state index in [1.165, 1.54) is 25.0 Å². The molecular formula is C13H14N4O2S. The van der Waals surface area contributed by atoms with Gasteiger partial charge in [0.25, 0.3) is 5.69 Å². The number of hydrogen-bond donors (Lipinski definition) is 0. The average Bonchev–Trinajstić information content (AvgIpc) is 3.02. The summed E-state index contributed by atoms with van der Waals surface area (Å²) in [6, 6.07) is 6.46. The van der Waals surface area contributed by atoms with Crippen LogP contribution >= 0.6 is 11.8 Å². The van der Waals surface area contributed by atoms with Crippen LogP contribution in [0.4, 0.5) is 5.69 Å². The molecule has 0 saturated carbocycles. The van der Waals surface area contributed by atoms with E-state index in [2.05, 4.69) is 15.1 Å². The Kier molecular flexibility index (Phi) is 3.68. The van der Waals surface area contributed by atoms with Crippen molar-refractivity contribution in [3.63, 3.8) is 0 Å². The second kappa shape index (κ2) is 5.62. The highest BCUT2D eigenvalue weighted by molar-refractivity contribution is 8.14. The molecule has 0 atom stereocenters. The molecule has 7 heteroatoms. The molecule has 3 rings (SSSR count). The van der Waals surface area contributed by atoms with Crippen molar-refractivity contribution in [3.8, 4) is 0 Å². The number of thioether (sulfide) groups is 1. The van der Waals surface area contributed by atoms with Gasteiger partial charge in [0.2, 0.25) is 0 Å². The van der Waals surface area contributed by atoms with Crippen LogP contribution in [0.15, 0.2) is 34.5 Å². The van der Waals surface area contributed by atoms with Crippen molar-refractivity contribution in [2.75, 3.05) is 18.8 Å². The molecule has 0 radical (unpaired) electrons. The zero-order chi connectivity index (χ0) is 13.9. The Balaban J connectivity index is 1.76. The summed E-state index contributed by atoms with van der Waals surface area (Å²) in [6.45, 7) is 2.13. The van der Waals surface area contributed by atoms with Crippen molar-refractivity contribution >= 4 is 28.3 Å². The molecule has 1 fully saturated rings. The van der Waals surface area contributed by atoms with Crippen LogP contribution in [0, 0.1) is 10.1 Å². The third-order valence-electron chi connectivity index (χ3n) is 3.38. The van der Waals surface area contributed by atoms with E-state index in [1.807, 2.05) is 0 Å². The molecule has 6 nitrogen and oxygen atoms in total. The Labute approximate surface area is 120 Å². The number of likely N-dealkylation sites (tertiary alicyclic amines) is 1. The molecule has 0 spiro atoms. The number of benzene rings is 1. The number of nitro benzene ring substituents is 1. The summed E-state index contributed by atoms with van der Waals surface area (Å²) in [5.41, 5.74) is 1.86. The lowest BCUT2D eigenvalue weighted by Gasteiger charge is -2.20. The van der Waals surface area contributed by atoms with E-state index in [0.717, 1.165) is 35.3 Å². The van der Waals surface area contributed by atoms with Crippen molar-refractivity contribution in [2.45, 2.75) is 12.8 Å². The molecular weight excluding hydrogens is 276 g/mol. The first-order valence-corrected chi connectivity index (χ1v) is 7.50. The van der Waals surface area contributed by atoms with Crippen LogP contribution < -0.4 is 0 Å². The van der Waals surface area contributed by atoms with Crippen LogP contribution in [0.3, 0.4) is 0 Å². The van der Waals surface area contributed by atoms with Gasteiger partial charge >= 0.3 is 0 Å². The molecule has 1 aromatic carbocycles. The Morgan fingerprint density at radius 1 is 1.15 bits per heavy atom. The first-order valence-electron chi connectivity index (χ1n) is 6.51. The summed E-state index contributed by atoms with van der Waals surface area (Å²) < 4.78 is 0. The maximum absolute atomic E-state index is 10.6. The van der Waals surface area contributed by atoms with E-state index in [9.17, 15) is 10.1 Å². The number of amidine groups is 1. The van der Waals surface area contributed by atoms with E-state index in [1.54, 1.807) is 23.9 Å². The van der Waals surface area contributed by atoms with Crippen molar-refractivity contribution < 1.29 is 4.92 Å². The monoisotopic (exact) mass is 290 g/mol. The third kappa shape index (κ3) is 2.67. The van der Waals surface area contributed by atoms with Crippen molar-refractivity contribution in [1.82, 2.24) is 4.90 Å². The predicted molar refractivity (Wildman–Crippen MR) is 80.3 cm³/mol. The summed E-state index contributed by atoms with van der Waals surface area (Å²) in [4.78, 5) is 12.5. The van der Waals surface area contributed by atoms with Gasteiger partial charge in [0.1, 0.15) is 0 Å². The Morgan fingerprint density at radius 3 is 2.40 bits per heavy atom. The summed E-state index contributed by atoms with van der Waals surface area (Å²) >= 11 is 1.69. The highest BCUT2D eigenvalue weighted by Crippen LogP contribution is 2.22. The molecule has 0 amide bonds. The highest BCUT2D eigenvalue weighted by Gasteiger charge is 2.20. The molecule has 104 valence electrons. The molecule has 2 heterocycles. The zero-order valence-electron chi connectivity index (χ0n) is 10.9. The molecule has 0 aliphatic carbocycles. The Bertz CT molecular complexity index is 577. The molecule has 1 saturated heterocycles. The van der Waals surface area contributed by atoms with E-state index >= 15 is 0 Å². The summed E-state index contributed by atoms with van der Waals surface area (Å²) in [5.74, 6) is 0.757. The maximum Gasteiger partial charge on any atom is 0.269 e. The first-order chi connectivity index (χ1) is 9.74. The van der Waals surface area contributed by atoms with Crippen LogP contribution in [-0.2, 0) is 0 Å². The number of rotatable bonds is 2. The zero-order valence-corrected chi connectivity index (χ0v) is 11.7. The largest absolute Gasteiger partial charge is 0.350 e. The number of nitrogens with zero attached hydrogens (tertiary/aromatic N) is 4. The molecule has 0 unspecified atom stereocenters. The lowest BCUT2D eigenvalue weighted by atomic mass is 10.1. The van der Waals surface area contributed by atoms with Gasteiger partial charge in [-0.05, 0) is 30.5 Å². The predicted octanol–water partition coefficient (Wildman–Crippen LogP) is 2.50. The number of hydrogen-bond acceptors (Lipinski definition) is 6. The summed E-state index contributed by atoms with van der Waals surface area (Å²) in [7, 11) is 0. The minimum atomic E-state index is -0.398.